The molecule has 4 heteroatoms. The summed E-state index contributed by atoms with van der Waals surface area (Å²) >= 11 is 0. The largest absolute Gasteiger partial charge is 0.456 e. The van der Waals surface area contributed by atoms with Crippen LogP contribution < -0.4 is 0 Å². The van der Waals surface area contributed by atoms with Gasteiger partial charge in [0, 0.05) is 27.8 Å². The zero-order chi connectivity index (χ0) is 35.1. The summed E-state index contributed by atoms with van der Waals surface area (Å²) in [7, 11) is 0. The van der Waals surface area contributed by atoms with Crippen molar-refractivity contribution in [1.29, 1.82) is 0 Å². The summed E-state index contributed by atoms with van der Waals surface area (Å²) in [5.74, 6) is 2.12. The number of hydrogen-bond donors (Lipinski definition) is 0. The first-order valence-corrected chi connectivity index (χ1v) is 18.0. The molecule has 0 amide bonds. The molecule has 0 radical (unpaired) electrons. The van der Waals surface area contributed by atoms with Crippen LogP contribution in [0.2, 0.25) is 0 Å². The average molecular weight is 680 g/mol. The molecule has 2 aromatic heterocycles. The van der Waals surface area contributed by atoms with Crippen LogP contribution in [-0.2, 0) is 0 Å². The lowest BCUT2D eigenvalue weighted by Gasteiger charge is -2.15. The van der Waals surface area contributed by atoms with E-state index in [-0.39, 0.29) is 5.92 Å². The summed E-state index contributed by atoms with van der Waals surface area (Å²) in [5.41, 5.74) is 10.5. The van der Waals surface area contributed by atoms with Gasteiger partial charge in [-0.2, -0.15) is 0 Å². The van der Waals surface area contributed by atoms with E-state index >= 15 is 0 Å². The molecule has 10 rings (SSSR count). The number of nitrogens with zero attached hydrogens (tertiary/aromatic N) is 3. The molecule has 2 heterocycles. The minimum Gasteiger partial charge on any atom is -0.456 e. The van der Waals surface area contributed by atoms with Gasteiger partial charge in [0.05, 0.1) is 0 Å². The molecule has 7 aromatic carbocycles. The number of aromatic nitrogens is 3. The van der Waals surface area contributed by atoms with E-state index in [1.807, 2.05) is 18.2 Å². The molecular weight excluding hydrogens is 647 g/mol. The van der Waals surface area contributed by atoms with E-state index in [1.54, 1.807) is 0 Å². The van der Waals surface area contributed by atoms with Crippen LogP contribution in [0.25, 0.3) is 88.9 Å². The molecule has 0 saturated carbocycles. The van der Waals surface area contributed by atoms with Crippen LogP contribution in [0.15, 0.2) is 186 Å². The predicted molar refractivity (Wildman–Crippen MR) is 217 cm³/mol. The second-order valence-corrected chi connectivity index (χ2v) is 13.6. The fraction of sp³-hybridized carbons (Fsp3) is 0.0408. The predicted octanol–water partition coefficient (Wildman–Crippen LogP) is 12.9. The molecule has 0 saturated heterocycles. The summed E-state index contributed by atoms with van der Waals surface area (Å²) < 4.78 is 6.52. The molecule has 1 aliphatic rings. The van der Waals surface area contributed by atoms with Crippen molar-refractivity contribution in [2.24, 2.45) is 0 Å². The summed E-state index contributed by atoms with van der Waals surface area (Å²) in [6.07, 6.45) is 9.34. The Morgan fingerprint density at radius 2 is 1.09 bits per heavy atom. The van der Waals surface area contributed by atoms with E-state index in [9.17, 15) is 0 Å². The third kappa shape index (κ3) is 5.81. The minimum atomic E-state index is 0.0627. The second-order valence-electron chi connectivity index (χ2n) is 13.6. The van der Waals surface area contributed by atoms with Crippen LogP contribution in [0.5, 0.6) is 0 Å². The summed E-state index contributed by atoms with van der Waals surface area (Å²) in [6.45, 7) is 0. The number of allylic oxidation sites excluding steroid dienone is 4. The van der Waals surface area contributed by atoms with Gasteiger partial charge in [-0.15, -0.1) is 0 Å². The van der Waals surface area contributed by atoms with Gasteiger partial charge in [0.15, 0.2) is 11.6 Å². The molecule has 0 spiro atoms. The lowest BCUT2D eigenvalue weighted by atomic mass is 9.98. The van der Waals surface area contributed by atoms with Crippen LogP contribution >= 0.6 is 0 Å². The number of hydrogen-bond acceptors (Lipinski definition) is 4. The fourth-order valence-electron chi connectivity index (χ4n) is 7.44. The zero-order valence-corrected chi connectivity index (χ0v) is 28.9. The number of benzene rings is 7. The standard InChI is InChI=1S/C49H33N3O/c1-3-10-32(11-4-1)34-18-20-35(21-19-34)36-22-25-38(26-23-36)48-50-47(37-13-5-2-6-14-37)51-49(52-48)43-16-9-17-44-46(43)42-29-28-41(31-45(42)53-44)40-27-24-33-12-7-8-15-39(33)30-40/h1-13,15-31,37H,14H2. The van der Waals surface area contributed by atoms with Crippen molar-refractivity contribution in [3.63, 3.8) is 0 Å². The molecule has 0 N–H and O–H groups in total. The molecule has 0 aliphatic heterocycles. The van der Waals surface area contributed by atoms with E-state index in [1.165, 1.54) is 21.9 Å². The molecule has 1 unspecified atom stereocenters. The van der Waals surface area contributed by atoms with E-state index in [2.05, 4.69) is 164 Å². The van der Waals surface area contributed by atoms with Crippen molar-refractivity contribution in [3.8, 4) is 56.2 Å². The van der Waals surface area contributed by atoms with E-state index in [4.69, 9.17) is 19.4 Å². The Labute approximate surface area is 307 Å². The number of furan rings is 1. The quantitative estimate of drug-likeness (QED) is 0.175. The highest BCUT2D eigenvalue weighted by molar-refractivity contribution is 6.12. The Balaban J connectivity index is 1.04. The summed E-state index contributed by atoms with van der Waals surface area (Å²) in [5, 5.41) is 4.48. The monoisotopic (exact) mass is 679 g/mol. The smallest absolute Gasteiger partial charge is 0.164 e. The van der Waals surface area contributed by atoms with Crippen molar-refractivity contribution in [2.45, 2.75) is 12.3 Å². The summed E-state index contributed by atoms with van der Waals surface area (Å²) in [6, 6.07) is 55.4. The van der Waals surface area contributed by atoms with Gasteiger partial charge in [0.1, 0.15) is 17.0 Å². The van der Waals surface area contributed by atoms with Gasteiger partial charge < -0.3 is 4.42 Å². The normalized spacial score (nSPS) is 14.0. The van der Waals surface area contributed by atoms with Gasteiger partial charge in [-0.1, -0.05) is 158 Å². The highest BCUT2D eigenvalue weighted by atomic mass is 16.3. The third-order valence-corrected chi connectivity index (χ3v) is 10.3. The van der Waals surface area contributed by atoms with Gasteiger partial charge in [-0.25, -0.2) is 15.0 Å². The van der Waals surface area contributed by atoms with Crippen LogP contribution in [-0.4, -0.2) is 15.0 Å². The van der Waals surface area contributed by atoms with Crippen molar-refractivity contribution in [2.75, 3.05) is 0 Å². The Bertz CT molecular complexity index is 2850. The maximum atomic E-state index is 6.52. The van der Waals surface area contributed by atoms with Crippen LogP contribution in [0.1, 0.15) is 18.2 Å². The van der Waals surface area contributed by atoms with E-state index < -0.39 is 0 Å². The first kappa shape index (κ1) is 30.9. The first-order valence-electron chi connectivity index (χ1n) is 18.0. The molecule has 53 heavy (non-hydrogen) atoms. The molecular formula is C49H33N3O. The lowest BCUT2D eigenvalue weighted by molar-refractivity contribution is 0.669. The Morgan fingerprint density at radius 3 is 1.85 bits per heavy atom. The topological polar surface area (TPSA) is 51.8 Å². The molecule has 9 aromatic rings. The van der Waals surface area contributed by atoms with Gasteiger partial charge in [-0.3, -0.25) is 0 Å². The Hall–Kier alpha value is -6.91. The van der Waals surface area contributed by atoms with Crippen molar-refractivity contribution < 1.29 is 4.42 Å². The molecule has 4 nitrogen and oxygen atoms in total. The van der Waals surface area contributed by atoms with Crippen LogP contribution in [0.3, 0.4) is 0 Å². The Kier molecular flexibility index (Phi) is 7.58. The summed E-state index contributed by atoms with van der Waals surface area (Å²) in [4.78, 5) is 15.3. The first-order chi connectivity index (χ1) is 26.2. The van der Waals surface area contributed by atoms with E-state index in [0.717, 1.165) is 67.6 Å². The average Bonchev–Trinajstić information content (AvgIpc) is 3.62. The molecule has 250 valence electrons. The number of fused-ring (bicyclic) bond motifs is 4. The second kappa shape index (κ2) is 13.0. The maximum Gasteiger partial charge on any atom is 0.164 e. The van der Waals surface area contributed by atoms with Gasteiger partial charge in [0.2, 0.25) is 0 Å². The highest BCUT2D eigenvalue weighted by Crippen LogP contribution is 2.39. The Morgan fingerprint density at radius 1 is 0.453 bits per heavy atom. The minimum absolute atomic E-state index is 0.0627. The SMILES string of the molecule is C1=CCC(c2nc(-c3ccc(-c4ccc(-c5ccccc5)cc4)cc3)nc(-c3cccc4oc5cc(-c6ccc7ccccc7c6)ccc5c34)n2)C=C1. The molecule has 1 aliphatic carbocycles. The van der Waals surface area contributed by atoms with Gasteiger partial charge in [0.25, 0.3) is 0 Å². The third-order valence-electron chi connectivity index (χ3n) is 10.3. The molecule has 1 atom stereocenters. The number of rotatable bonds is 6. The van der Waals surface area contributed by atoms with E-state index in [0.29, 0.717) is 11.6 Å². The van der Waals surface area contributed by atoms with Gasteiger partial charge >= 0.3 is 0 Å². The lowest BCUT2D eigenvalue weighted by Crippen LogP contribution is -2.08. The molecule has 0 bridgehead atoms. The van der Waals surface area contributed by atoms with Crippen molar-refractivity contribution in [1.82, 2.24) is 15.0 Å². The maximum absolute atomic E-state index is 6.52. The fourth-order valence-corrected chi connectivity index (χ4v) is 7.44. The van der Waals surface area contributed by atoms with Crippen LogP contribution in [0.4, 0.5) is 0 Å². The highest BCUT2D eigenvalue weighted by Gasteiger charge is 2.20. The van der Waals surface area contributed by atoms with Gasteiger partial charge in [-0.05, 0) is 74.8 Å². The van der Waals surface area contributed by atoms with Crippen molar-refractivity contribution >= 4 is 32.7 Å². The van der Waals surface area contributed by atoms with Crippen LogP contribution in [0, 0.1) is 0 Å². The zero-order valence-electron chi connectivity index (χ0n) is 28.9. The molecule has 0 fully saturated rings. The van der Waals surface area contributed by atoms with Crippen molar-refractivity contribution in [3.05, 3.63) is 188 Å².